The van der Waals surface area contributed by atoms with E-state index in [1.54, 1.807) is 9.34 Å². The minimum atomic E-state index is -2.61. The maximum absolute atomic E-state index is 13.0. The molecule has 1 aromatic rings. The lowest BCUT2D eigenvalue weighted by Crippen LogP contribution is -2.33. The summed E-state index contributed by atoms with van der Waals surface area (Å²) in [5.41, 5.74) is 1.06. The number of aromatic nitrogens is 3. The van der Waals surface area contributed by atoms with Gasteiger partial charge in [0, 0.05) is 19.3 Å². The molecule has 0 radical (unpaired) electrons. The van der Waals surface area contributed by atoms with Crippen LogP contribution < -0.4 is 0 Å². The third kappa shape index (κ3) is 4.88. The molecule has 0 bridgehead atoms. The second-order valence-corrected chi connectivity index (χ2v) is 9.33. The number of hydrogen-bond acceptors (Lipinski definition) is 3. The Balaban J connectivity index is 2.41. The molecule has 0 spiro atoms. The molecule has 0 aliphatic carbocycles. The molecule has 0 atom stereocenters. The van der Waals surface area contributed by atoms with Crippen LogP contribution in [0.4, 0.5) is 0 Å². The Bertz CT molecular complexity index is 475. The summed E-state index contributed by atoms with van der Waals surface area (Å²) in [4.78, 5) is 0. The predicted octanol–water partition coefficient (Wildman–Crippen LogP) is 2.17. The molecule has 128 valence electrons. The quantitative estimate of drug-likeness (QED) is 0.484. The topological polar surface area (TPSA) is 57.5 Å². The van der Waals surface area contributed by atoms with Crippen LogP contribution in [-0.4, -0.2) is 70.8 Å². The van der Waals surface area contributed by atoms with E-state index in [1.807, 2.05) is 50.8 Å². The number of rotatable bonds is 10. The summed E-state index contributed by atoms with van der Waals surface area (Å²) in [7, 11) is 6.77. The van der Waals surface area contributed by atoms with Gasteiger partial charge in [0.2, 0.25) is 0 Å². The Morgan fingerprint density at radius 3 is 2.32 bits per heavy atom. The van der Waals surface area contributed by atoms with Gasteiger partial charge >= 0.3 is 0 Å². The smallest absolute Gasteiger partial charge is 0.270 e. The molecule has 0 amide bonds. The summed E-state index contributed by atoms with van der Waals surface area (Å²) in [6.07, 6.45) is 6.08. The van der Waals surface area contributed by atoms with Crippen molar-refractivity contribution in [2.75, 3.05) is 41.8 Å². The molecular weight excluding hydrogens is 299 g/mol. The lowest BCUT2D eigenvalue weighted by atomic mass is 10.3. The van der Waals surface area contributed by atoms with Crippen molar-refractivity contribution in [3.05, 3.63) is 11.9 Å². The molecule has 0 aliphatic heterocycles. The van der Waals surface area contributed by atoms with E-state index in [0.29, 0.717) is 0 Å². The molecule has 0 unspecified atom stereocenters. The highest BCUT2D eigenvalue weighted by Crippen LogP contribution is 2.51. The zero-order valence-electron chi connectivity index (χ0n) is 14.9. The summed E-state index contributed by atoms with van der Waals surface area (Å²) >= 11 is 0. The van der Waals surface area contributed by atoms with Crippen molar-refractivity contribution in [1.82, 2.24) is 29.0 Å². The zero-order valence-corrected chi connectivity index (χ0v) is 15.8. The first-order chi connectivity index (χ1) is 10.3. The predicted molar refractivity (Wildman–Crippen MR) is 90.9 cm³/mol. The van der Waals surface area contributed by atoms with Gasteiger partial charge in [-0.05, 0) is 54.5 Å². The van der Waals surface area contributed by atoms with Crippen molar-refractivity contribution in [2.45, 2.75) is 39.2 Å². The largest absolute Gasteiger partial charge is 0.285 e. The molecule has 0 saturated carbocycles. The van der Waals surface area contributed by atoms with Crippen LogP contribution in [-0.2, 0) is 17.5 Å². The maximum atomic E-state index is 13.0. The fraction of sp³-hybridized carbons (Fsp3) is 0.857. The summed E-state index contributed by atoms with van der Waals surface area (Å²) in [6.45, 7) is 3.80. The van der Waals surface area contributed by atoms with Gasteiger partial charge in [0.05, 0.1) is 5.69 Å². The van der Waals surface area contributed by atoms with E-state index < -0.39 is 7.59 Å². The zero-order chi connectivity index (χ0) is 16.8. The highest BCUT2D eigenvalue weighted by atomic mass is 31.2. The highest BCUT2D eigenvalue weighted by molar-refractivity contribution is 7.56. The maximum Gasteiger partial charge on any atom is 0.285 e. The fourth-order valence-corrected chi connectivity index (χ4v) is 4.87. The Morgan fingerprint density at radius 2 is 1.77 bits per heavy atom. The molecule has 22 heavy (non-hydrogen) atoms. The average molecular weight is 330 g/mol. The number of hydrogen-bond donors (Lipinski definition) is 0. The summed E-state index contributed by atoms with van der Waals surface area (Å²) in [5.74, 6) is 0. The lowest BCUT2D eigenvalue weighted by Gasteiger charge is -2.37. The average Bonchev–Trinajstić information content (AvgIpc) is 2.90. The van der Waals surface area contributed by atoms with Gasteiger partial charge in [-0.15, -0.1) is 5.10 Å². The van der Waals surface area contributed by atoms with E-state index in [-0.39, 0.29) is 0 Å². The van der Waals surface area contributed by atoms with Crippen molar-refractivity contribution in [2.24, 2.45) is 0 Å². The van der Waals surface area contributed by atoms with Gasteiger partial charge in [-0.1, -0.05) is 18.6 Å². The normalized spacial score (nSPS) is 12.8. The summed E-state index contributed by atoms with van der Waals surface area (Å²) < 4.78 is 20.5. The highest BCUT2D eigenvalue weighted by Gasteiger charge is 2.32. The first-order valence-electron chi connectivity index (χ1n) is 7.88. The Morgan fingerprint density at radius 1 is 1.14 bits per heavy atom. The van der Waals surface area contributed by atoms with Crippen molar-refractivity contribution < 1.29 is 4.57 Å². The van der Waals surface area contributed by atoms with E-state index in [1.165, 1.54) is 0 Å². The van der Waals surface area contributed by atoms with Crippen LogP contribution in [0.2, 0.25) is 0 Å². The van der Waals surface area contributed by atoms with Gasteiger partial charge in [0.15, 0.2) is 0 Å². The Labute approximate surface area is 134 Å². The van der Waals surface area contributed by atoms with Crippen molar-refractivity contribution in [1.29, 1.82) is 0 Å². The van der Waals surface area contributed by atoms with Gasteiger partial charge in [0.1, 0.15) is 0 Å². The first kappa shape index (κ1) is 19.3. The molecule has 0 aliphatic rings. The van der Waals surface area contributed by atoms with E-state index >= 15 is 0 Å². The van der Waals surface area contributed by atoms with E-state index in [0.717, 1.165) is 44.5 Å². The van der Waals surface area contributed by atoms with Crippen LogP contribution in [0, 0.1) is 0 Å². The Kier molecular flexibility index (Phi) is 7.69. The number of unbranched alkanes of at least 4 members (excludes halogenated alkanes) is 1. The van der Waals surface area contributed by atoms with Crippen LogP contribution >= 0.6 is 7.59 Å². The van der Waals surface area contributed by atoms with Crippen LogP contribution in [0.1, 0.15) is 31.9 Å². The molecule has 0 aromatic carbocycles. The molecule has 0 N–H and O–H groups in total. The van der Waals surface area contributed by atoms with Crippen molar-refractivity contribution in [3.8, 4) is 0 Å². The monoisotopic (exact) mass is 330 g/mol. The minimum absolute atomic E-state index is 0.796. The van der Waals surface area contributed by atoms with Crippen LogP contribution in [0.25, 0.3) is 0 Å². The number of nitrogens with zero attached hydrogens (tertiary/aromatic N) is 6. The molecule has 1 heterocycles. The van der Waals surface area contributed by atoms with Crippen molar-refractivity contribution in [3.63, 3.8) is 0 Å². The summed E-state index contributed by atoms with van der Waals surface area (Å²) in [6, 6.07) is 0. The third-order valence-corrected chi connectivity index (χ3v) is 6.87. The van der Waals surface area contributed by atoms with Gasteiger partial charge in [-0.25, -0.2) is 14.0 Å². The van der Waals surface area contributed by atoms with Crippen LogP contribution in [0.15, 0.2) is 6.20 Å². The van der Waals surface area contributed by atoms with Gasteiger partial charge in [0.25, 0.3) is 7.59 Å². The Hall–Kier alpha value is -0.750. The van der Waals surface area contributed by atoms with Gasteiger partial charge in [-0.2, -0.15) is 0 Å². The summed E-state index contributed by atoms with van der Waals surface area (Å²) in [5, 5.41) is 8.29. The minimum Gasteiger partial charge on any atom is -0.270 e. The van der Waals surface area contributed by atoms with Gasteiger partial charge in [-0.3, -0.25) is 9.25 Å². The van der Waals surface area contributed by atoms with Gasteiger partial charge < -0.3 is 0 Å². The molecular formula is C14H31N6OP. The third-order valence-electron chi connectivity index (χ3n) is 3.70. The molecule has 7 nitrogen and oxygen atoms in total. The second kappa shape index (κ2) is 8.77. The van der Waals surface area contributed by atoms with E-state index in [2.05, 4.69) is 17.2 Å². The molecule has 0 saturated heterocycles. The molecule has 1 rings (SSSR count). The number of aryl methyl sites for hydroxylation is 2. The van der Waals surface area contributed by atoms with Crippen molar-refractivity contribution >= 4 is 7.59 Å². The van der Waals surface area contributed by atoms with E-state index in [4.69, 9.17) is 0 Å². The standard InChI is InChI=1S/C14H31N6OP/c1-7-10-14-13-20(16-15-14)12-9-8-11-19(6)22(21,17(2)3)18(4)5/h13H,7-12H2,1-6H3. The van der Waals surface area contributed by atoms with E-state index in [9.17, 15) is 4.57 Å². The first-order valence-corrected chi connectivity index (χ1v) is 9.45. The molecule has 1 aromatic heterocycles. The lowest BCUT2D eigenvalue weighted by molar-refractivity contribution is 0.350. The SMILES string of the molecule is CCCc1cn(CCCCN(C)P(=O)(N(C)C)N(C)C)nn1. The fourth-order valence-electron chi connectivity index (χ4n) is 2.53. The van der Waals surface area contributed by atoms with Crippen LogP contribution in [0.3, 0.4) is 0 Å². The van der Waals surface area contributed by atoms with Crippen LogP contribution in [0.5, 0.6) is 0 Å². The second-order valence-electron chi connectivity index (χ2n) is 6.02. The molecule has 8 heteroatoms. The molecule has 0 fully saturated rings.